The third kappa shape index (κ3) is 4.97. The number of aromatic nitrogens is 1. The molecule has 1 aromatic heterocycles. The first-order valence-corrected chi connectivity index (χ1v) is 15.7. The number of hydrogen-bond donors (Lipinski definition) is 3. The molecule has 3 N–H and O–H groups in total. The molecule has 0 radical (unpaired) electrons. The van der Waals surface area contributed by atoms with Crippen LogP contribution >= 0.6 is 0 Å². The van der Waals surface area contributed by atoms with Crippen LogP contribution in [0.2, 0.25) is 0 Å². The van der Waals surface area contributed by atoms with Gasteiger partial charge in [0.25, 0.3) is 5.91 Å². The van der Waals surface area contributed by atoms with E-state index in [-0.39, 0.29) is 17.9 Å². The number of carbonyl (C=O) groups excluding carboxylic acids is 2. The highest BCUT2D eigenvalue weighted by Gasteiger charge is 2.51. The van der Waals surface area contributed by atoms with Crippen LogP contribution in [-0.4, -0.2) is 28.9 Å². The highest BCUT2D eigenvalue weighted by molar-refractivity contribution is 5.98. The quantitative estimate of drug-likeness (QED) is 0.315. The summed E-state index contributed by atoms with van der Waals surface area (Å²) in [6, 6.07) is 16.1. The number of aromatic amines is 1. The third-order valence-corrected chi connectivity index (χ3v) is 10.9. The summed E-state index contributed by atoms with van der Waals surface area (Å²) in [5, 5.41) is 7.50. The van der Waals surface area contributed by atoms with Crippen molar-refractivity contribution in [1.29, 1.82) is 0 Å². The lowest BCUT2D eigenvalue weighted by molar-refractivity contribution is -0.123. The number of amides is 2. The van der Waals surface area contributed by atoms with Gasteiger partial charge in [-0.15, -0.1) is 0 Å². The first kappa shape index (κ1) is 25.9. The van der Waals surface area contributed by atoms with Crippen molar-refractivity contribution in [2.45, 2.75) is 95.1 Å². The van der Waals surface area contributed by atoms with E-state index in [4.69, 9.17) is 0 Å². The van der Waals surface area contributed by atoms with Gasteiger partial charge < -0.3 is 15.6 Å². The summed E-state index contributed by atoms with van der Waals surface area (Å²) in [5.41, 5.74) is 4.47. The number of hydrogen-bond acceptors (Lipinski definition) is 2. The summed E-state index contributed by atoms with van der Waals surface area (Å²) < 4.78 is 0. The van der Waals surface area contributed by atoms with Crippen LogP contribution < -0.4 is 10.6 Å². The fraction of sp³-hybridized carbons (Fsp3) is 0.543. The summed E-state index contributed by atoms with van der Waals surface area (Å²) in [7, 11) is 0. The van der Waals surface area contributed by atoms with Gasteiger partial charge in [-0.05, 0) is 123 Å². The Hall–Kier alpha value is -3.08. The van der Waals surface area contributed by atoms with Gasteiger partial charge in [0, 0.05) is 35.1 Å². The van der Waals surface area contributed by atoms with Crippen molar-refractivity contribution in [1.82, 2.24) is 15.6 Å². The van der Waals surface area contributed by atoms with E-state index in [1.807, 2.05) is 36.5 Å². The van der Waals surface area contributed by atoms with E-state index in [1.165, 1.54) is 44.1 Å². The zero-order valence-corrected chi connectivity index (χ0v) is 23.8. The van der Waals surface area contributed by atoms with Gasteiger partial charge in [0.15, 0.2) is 0 Å². The summed E-state index contributed by atoms with van der Waals surface area (Å²) in [6.45, 7) is 2.28. The van der Waals surface area contributed by atoms with Gasteiger partial charge in [0.05, 0.1) is 0 Å². The average molecular weight is 538 g/mol. The van der Waals surface area contributed by atoms with Crippen LogP contribution in [0.4, 0.5) is 0 Å². The van der Waals surface area contributed by atoms with Gasteiger partial charge in [-0.25, -0.2) is 0 Å². The highest BCUT2D eigenvalue weighted by Crippen LogP contribution is 2.60. The maximum absolute atomic E-state index is 13.6. The molecule has 8 rings (SSSR count). The average Bonchev–Trinajstić information content (AvgIpc) is 3.36. The van der Waals surface area contributed by atoms with E-state index >= 15 is 0 Å². The zero-order chi connectivity index (χ0) is 27.3. The van der Waals surface area contributed by atoms with Crippen molar-refractivity contribution in [2.75, 3.05) is 0 Å². The van der Waals surface area contributed by atoms with E-state index < -0.39 is 6.04 Å². The Kier molecular flexibility index (Phi) is 6.72. The van der Waals surface area contributed by atoms with Crippen molar-refractivity contribution in [2.24, 2.45) is 23.7 Å². The minimum atomic E-state index is -0.631. The van der Waals surface area contributed by atoms with E-state index in [1.54, 1.807) is 0 Å². The monoisotopic (exact) mass is 537 g/mol. The molecule has 0 aliphatic heterocycles. The SMILES string of the molecule is CC1CCC(NC(=O)[C@H](Cc2c[nH]c3ccccc23)NC(=O)c2ccc(C34CC5CC(CC(C5)C3)C4)cc2)CC1. The summed E-state index contributed by atoms with van der Waals surface area (Å²) in [5.74, 6) is 3.15. The van der Waals surface area contributed by atoms with Crippen molar-refractivity contribution in [3.8, 4) is 0 Å². The third-order valence-electron chi connectivity index (χ3n) is 10.9. The molecule has 0 unspecified atom stereocenters. The number of rotatable bonds is 7. The van der Waals surface area contributed by atoms with E-state index in [0.29, 0.717) is 17.4 Å². The van der Waals surface area contributed by atoms with Crippen LogP contribution in [-0.2, 0) is 16.6 Å². The second-order valence-corrected chi connectivity index (χ2v) is 13.8. The topological polar surface area (TPSA) is 74.0 Å². The van der Waals surface area contributed by atoms with Crippen molar-refractivity contribution in [3.05, 3.63) is 71.4 Å². The lowest BCUT2D eigenvalue weighted by Crippen LogP contribution is -2.51. The molecule has 0 spiro atoms. The van der Waals surface area contributed by atoms with E-state index in [0.717, 1.165) is 65.8 Å². The van der Waals surface area contributed by atoms with Crippen LogP contribution in [0.25, 0.3) is 10.9 Å². The predicted molar refractivity (Wildman–Crippen MR) is 159 cm³/mol. The second-order valence-electron chi connectivity index (χ2n) is 13.8. The molecule has 210 valence electrons. The molecule has 2 amide bonds. The summed E-state index contributed by atoms with van der Waals surface area (Å²) in [6.07, 6.45) is 15.0. The number of H-pyrrole nitrogens is 1. The molecule has 1 heterocycles. The molecule has 5 aliphatic rings. The first-order chi connectivity index (χ1) is 19.4. The molecule has 5 nitrogen and oxygen atoms in total. The molecule has 3 aromatic rings. The zero-order valence-electron chi connectivity index (χ0n) is 23.8. The molecular weight excluding hydrogens is 494 g/mol. The Bertz CT molecular complexity index is 1350. The minimum Gasteiger partial charge on any atom is -0.361 e. The predicted octanol–water partition coefficient (Wildman–Crippen LogP) is 6.67. The minimum absolute atomic E-state index is 0.0802. The van der Waals surface area contributed by atoms with E-state index in [2.05, 4.69) is 40.7 Å². The Morgan fingerprint density at radius 2 is 1.55 bits per heavy atom. The Balaban J connectivity index is 1.08. The molecule has 5 heteroatoms. The molecular formula is C35H43N3O2. The molecule has 5 fully saturated rings. The van der Waals surface area contributed by atoms with Gasteiger partial charge in [0.1, 0.15) is 6.04 Å². The van der Waals surface area contributed by atoms with Crippen LogP contribution in [0.15, 0.2) is 54.7 Å². The molecule has 1 atom stereocenters. The molecule has 4 bridgehead atoms. The maximum atomic E-state index is 13.6. The number of benzene rings is 2. The highest BCUT2D eigenvalue weighted by atomic mass is 16.2. The van der Waals surface area contributed by atoms with Crippen LogP contribution in [0.5, 0.6) is 0 Å². The van der Waals surface area contributed by atoms with Gasteiger partial charge in [0.2, 0.25) is 5.91 Å². The largest absolute Gasteiger partial charge is 0.361 e. The second kappa shape index (κ2) is 10.4. The summed E-state index contributed by atoms with van der Waals surface area (Å²) in [4.78, 5) is 30.5. The van der Waals surface area contributed by atoms with Gasteiger partial charge >= 0.3 is 0 Å². The molecule has 5 aliphatic carbocycles. The van der Waals surface area contributed by atoms with E-state index in [9.17, 15) is 9.59 Å². The maximum Gasteiger partial charge on any atom is 0.251 e. The smallest absolute Gasteiger partial charge is 0.251 e. The normalized spacial score (nSPS) is 31.7. The van der Waals surface area contributed by atoms with Crippen molar-refractivity contribution >= 4 is 22.7 Å². The number of nitrogens with one attached hydrogen (secondary N) is 3. The Labute approximate surface area is 237 Å². The molecule has 0 saturated heterocycles. The van der Waals surface area contributed by atoms with Crippen LogP contribution in [0.1, 0.15) is 92.6 Å². The first-order valence-electron chi connectivity index (χ1n) is 15.7. The fourth-order valence-corrected chi connectivity index (χ4v) is 9.12. The lowest BCUT2D eigenvalue weighted by atomic mass is 9.48. The summed E-state index contributed by atoms with van der Waals surface area (Å²) >= 11 is 0. The van der Waals surface area contributed by atoms with Gasteiger partial charge in [-0.1, -0.05) is 37.3 Å². The van der Waals surface area contributed by atoms with Gasteiger partial charge in [-0.2, -0.15) is 0 Å². The fourth-order valence-electron chi connectivity index (χ4n) is 9.12. The lowest BCUT2D eigenvalue weighted by Gasteiger charge is -2.57. The Morgan fingerprint density at radius 3 is 2.23 bits per heavy atom. The van der Waals surface area contributed by atoms with Crippen LogP contribution in [0, 0.1) is 23.7 Å². The molecule has 5 saturated carbocycles. The van der Waals surface area contributed by atoms with Gasteiger partial charge in [-0.3, -0.25) is 9.59 Å². The molecule has 2 aromatic carbocycles. The number of fused-ring (bicyclic) bond motifs is 1. The standard InChI is InChI=1S/C35H43N3O2/c1-22-6-12-29(13-7-22)37-34(40)32(17-27-21-36-31-5-3-2-4-30(27)31)38-33(39)26-8-10-28(11-9-26)35-18-23-14-24(19-35)16-25(15-23)20-35/h2-5,8-11,21-25,29,32,36H,6-7,12-20H2,1H3,(H,37,40)(H,38,39)/t22?,23?,24?,25?,29?,32-,35?/m0/s1. The molecule has 40 heavy (non-hydrogen) atoms. The van der Waals surface area contributed by atoms with Crippen molar-refractivity contribution < 1.29 is 9.59 Å². The number of para-hydroxylation sites is 1. The number of carbonyl (C=O) groups is 2. The van der Waals surface area contributed by atoms with Crippen LogP contribution in [0.3, 0.4) is 0 Å². The van der Waals surface area contributed by atoms with Crippen molar-refractivity contribution in [3.63, 3.8) is 0 Å². The Morgan fingerprint density at radius 1 is 0.900 bits per heavy atom.